The molecule has 21 heavy (non-hydrogen) atoms. The van der Waals surface area contributed by atoms with Crippen molar-refractivity contribution in [1.29, 1.82) is 0 Å². The summed E-state index contributed by atoms with van der Waals surface area (Å²) in [5.74, 6) is -0.660. The number of amides is 2. The number of piperidine rings is 1. The molecule has 2 aliphatic rings. The number of aliphatic carboxylic acids is 1. The summed E-state index contributed by atoms with van der Waals surface area (Å²) in [7, 11) is 0. The summed E-state index contributed by atoms with van der Waals surface area (Å²) in [5, 5.41) is 9.00. The van der Waals surface area contributed by atoms with Gasteiger partial charge in [-0.25, -0.2) is 4.79 Å². The number of urea groups is 1. The molecule has 5 heteroatoms. The van der Waals surface area contributed by atoms with Gasteiger partial charge in [0.15, 0.2) is 0 Å². The Balaban J connectivity index is 1.93. The molecule has 120 valence electrons. The second-order valence-corrected chi connectivity index (χ2v) is 7.14. The predicted octanol–water partition coefficient (Wildman–Crippen LogP) is 2.81. The van der Waals surface area contributed by atoms with Crippen LogP contribution in [0.2, 0.25) is 0 Å². The number of hydrogen-bond donors (Lipinski definition) is 1. The highest BCUT2D eigenvalue weighted by atomic mass is 16.4. The molecule has 1 spiro atoms. The average Bonchev–Trinajstić information content (AvgIpc) is 2.85. The van der Waals surface area contributed by atoms with Crippen molar-refractivity contribution < 1.29 is 14.7 Å². The van der Waals surface area contributed by atoms with E-state index in [1.54, 1.807) is 0 Å². The summed E-state index contributed by atoms with van der Waals surface area (Å²) in [6.07, 6.45) is 7.43. The normalized spacial score (nSPS) is 21.0. The Morgan fingerprint density at radius 3 is 2.19 bits per heavy atom. The first-order valence-electron chi connectivity index (χ1n) is 8.17. The molecular formula is C16H28N2O3. The molecular weight excluding hydrogens is 268 g/mol. The van der Waals surface area contributed by atoms with E-state index >= 15 is 0 Å². The standard InChI is InChI=1S/C16H28N2O3/c1-13(2)11-18(12-14(19)20)15(21)17-9-7-16(8-10-17)5-3-4-6-16/h13H,3-12H2,1-2H3,(H,19,20). The average molecular weight is 296 g/mol. The fourth-order valence-electron chi connectivity index (χ4n) is 3.81. The van der Waals surface area contributed by atoms with E-state index in [1.807, 2.05) is 18.7 Å². The summed E-state index contributed by atoms with van der Waals surface area (Å²) in [6.45, 7) is 5.89. The van der Waals surface area contributed by atoms with Crippen molar-refractivity contribution in [3.63, 3.8) is 0 Å². The molecule has 0 unspecified atom stereocenters. The van der Waals surface area contributed by atoms with E-state index in [9.17, 15) is 9.59 Å². The zero-order valence-corrected chi connectivity index (χ0v) is 13.3. The molecule has 0 aromatic heterocycles. The molecule has 1 saturated carbocycles. The Bertz CT molecular complexity index is 379. The minimum atomic E-state index is -0.937. The highest BCUT2D eigenvalue weighted by Crippen LogP contribution is 2.46. The third-order valence-corrected chi connectivity index (χ3v) is 4.94. The van der Waals surface area contributed by atoms with E-state index in [1.165, 1.54) is 30.6 Å². The molecule has 2 fully saturated rings. The summed E-state index contributed by atoms with van der Waals surface area (Å²) >= 11 is 0. The Hall–Kier alpha value is -1.26. The van der Waals surface area contributed by atoms with Crippen molar-refractivity contribution in [3.05, 3.63) is 0 Å². The molecule has 2 amide bonds. The first kappa shape index (κ1) is 16.1. The highest BCUT2D eigenvalue weighted by Gasteiger charge is 2.38. The zero-order valence-electron chi connectivity index (χ0n) is 13.3. The van der Waals surface area contributed by atoms with Crippen LogP contribution in [0.4, 0.5) is 4.79 Å². The lowest BCUT2D eigenvalue weighted by Crippen LogP contribution is -2.50. The van der Waals surface area contributed by atoms with Gasteiger partial charge in [0, 0.05) is 19.6 Å². The van der Waals surface area contributed by atoms with Crippen LogP contribution >= 0.6 is 0 Å². The molecule has 5 nitrogen and oxygen atoms in total. The topological polar surface area (TPSA) is 60.9 Å². The summed E-state index contributed by atoms with van der Waals surface area (Å²) in [6, 6.07) is -0.0982. The second kappa shape index (κ2) is 6.67. The SMILES string of the molecule is CC(C)CN(CC(=O)O)C(=O)N1CCC2(CCCC2)CC1. The lowest BCUT2D eigenvalue weighted by atomic mass is 9.77. The molecule has 0 aromatic carbocycles. The minimum absolute atomic E-state index is 0.0982. The van der Waals surface area contributed by atoms with Crippen molar-refractivity contribution >= 4 is 12.0 Å². The molecule has 0 atom stereocenters. The third kappa shape index (κ3) is 4.11. The smallest absolute Gasteiger partial charge is 0.323 e. The van der Waals surface area contributed by atoms with Crippen LogP contribution in [-0.4, -0.2) is 53.1 Å². The lowest BCUT2D eigenvalue weighted by Gasteiger charge is -2.41. The van der Waals surface area contributed by atoms with Gasteiger partial charge in [0.1, 0.15) is 6.54 Å². The van der Waals surface area contributed by atoms with Gasteiger partial charge in [0.25, 0.3) is 0 Å². The summed E-state index contributed by atoms with van der Waals surface area (Å²) in [5.41, 5.74) is 0.479. The molecule has 1 saturated heterocycles. The molecule has 1 N–H and O–H groups in total. The van der Waals surface area contributed by atoms with Gasteiger partial charge in [-0.1, -0.05) is 26.7 Å². The largest absolute Gasteiger partial charge is 0.480 e. The van der Waals surface area contributed by atoms with Crippen molar-refractivity contribution in [2.45, 2.75) is 52.4 Å². The number of hydrogen-bond acceptors (Lipinski definition) is 2. The van der Waals surface area contributed by atoms with Crippen LogP contribution in [0.5, 0.6) is 0 Å². The van der Waals surface area contributed by atoms with E-state index in [4.69, 9.17) is 5.11 Å². The number of rotatable bonds is 4. The van der Waals surface area contributed by atoms with Crippen LogP contribution in [0.15, 0.2) is 0 Å². The predicted molar refractivity (Wildman–Crippen MR) is 81.2 cm³/mol. The van der Waals surface area contributed by atoms with Gasteiger partial charge in [-0.15, -0.1) is 0 Å². The van der Waals surface area contributed by atoms with Gasteiger partial charge in [-0.2, -0.15) is 0 Å². The van der Waals surface area contributed by atoms with Crippen LogP contribution in [0.25, 0.3) is 0 Å². The Kier molecular flexibility index (Phi) is 5.12. The van der Waals surface area contributed by atoms with Crippen molar-refractivity contribution in [2.24, 2.45) is 11.3 Å². The van der Waals surface area contributed by atoms with E-state index < -0.39 is 5.97 Å². The number of likely N-dealkylation sites (tertiary alicyclic amines) is 1. The Morgan fingerprint density at radius 2 is 1.71 bits per heavy atom. The zero-order chi connectivity index (χ0) is 15.5. The van der Waals surface area contributed by atoms with E-state index in [-0.39, 0.29) is 18.5 Å². The van der Waals surface area contributed by atoms with Crippen LogP contribution < -0.4 is 0 Å². The van der Waals surface area contributed by atoms with Crippen LogP contribution in [0.3, 0.4) is 0 Å². The number of nitrogens with zero attached hydrogens (tertiary/aromatic N) is 2. The van der Waals surface area contributed by atoms with Gasteiger partial charge >= 0.3 is 12.0 Å². The molecule has 1 heterocycles. The van der Waals surface area contributed by atoms with Gasteiger partial charge in [0.2, 0.25) is 0 Å². The fraction of sp³-hybridized carbons (Fsp3) is 0.875. The van der Waals surface area contributed by atoms with Crippen molar-refractivity contribution in [3.8, 4) is 0 Å². The molecule has 2 rings (SSSR count). The van der Waals surface area contributed by atoms with E-state index in [0.717, 1.165) is 25.9 Å². The molecule has 0 radical (unpaired) electrons. The van der Waals surface area contributed by atoms with Gasteiger partial charge < -0.3 is 14.9 Å². The first-order chi connectivity index (χ1) is 9.92. The fourth-order valence-corrected chi connectivity index (χ4v) is 3.81. The van der Waals surface area contributed by atoms with Crippen LogP contribution in [0.1, 0.15) is 52.4 Å². The number of carboxylic acids is 1. The molecule has 1 aliphatic carbocycles. The van der Waals surface area contributed by atoms with Gasteiger partial charge in [-0.05, 0) is 37.0 Å². The maximum absolute atomic E-state index is 12.6. The number of carboxylic acid groups (broad SMARTS) is 1. The van der Waals surface area contributed by atoms with E-state index in [0.29, 0.717) is 12.0 Å². The second-order valence-electron chi connectivity index (χ2n) is 7.14. The highest BCUT2D eigenvalue weighted by molar-refractivity contribution is 5.80. The summed E-state index contributed by atoms with van der Waals surface area (Å²) < 4.78 is 0. The first-order valence-corrected chi connectivity index (χ1v) is 8.17. The quantitative estimate of drug-likeness (QED) is 0.867. The number of carbonyl (C=O) groups excluding carboxylic acids is 1. The van der Waals surface area contributed by atoms with Crippen molar-refractivity contribution in [1.82, 2.24) is 9.80 Å². The monoisotopic (exact) mass is 296 g/mol. The maximum Gasteiger partial charge on any atom is 0.323 e. The molecule has 1 aliphatic heterocycles. The molecule has 0 aromatic rings. The third-order valence-electron chi connectivity index (χ3n) is 4.94. The maximum atomic E-state index is 12.6. The van der Waals surface area contributed by atoms with Crippen LogP contribution in [-0.2, 0) is 4.79 Å². The van der Waals surface area contributed by atoms with E-state index in [2.05, 4.69) is 0 Å². The molecule has 0 bridgehead atoms. The lowest BCUT2D eigenvalue weighted by molar-refractivity contribution is -0.137. The number of carbonyl (C=O) groups is 2. The van der Waals surface area contributed by atoms with Crippen LogP contribution in [0, 0.1) is 11.3 Å². The van der Waals surface area contributed by atoms with Crippen molar-refractivity contribution in [2.75, 3.05) is 26.2 Å². The summed E-state index contributed by atoms with van der Waals surface area (Å²) in [4.78, 5) is 26.9. The van der Waals surface area contributed by atoms with Gasteiger partial charge in [0.05, 0.1) is 0 Å². The van der Waals surface area contributed by atoms with Gasteiger partial charge in [-0.3, -0.25) is 4.79 Å². The Morgan fingerprint density at radius 1 is 1.14 bits per heavy atom. The minimum Gasteiger partial charge on any atom is -0.480 e. The Labute approximate surface area is 127 Å².